The summed E-state index contributed by atoms with van der Waals surface area (Å²) < 4.78 is 2.17. The van der Waals surface area contributed by atoms with Crippen LogP contribution in [0, 0.1) is 13.8 Å². The number of ketones is 2. The van der Waals surface area contributed by atoms with Crippen molar-refractivity contribution in [1.29, 1.82) is 0 Å². The zero-order valence-electron chi connectivity index (χ0n) is 16.3. The third-order valence-corrected chi connectivity index (χ3v) is 6.93. The molecule has 146 valence electrons. The van der Waals surface area contributed by atoms with Gasteiger partial charge in [0.05, 0.1) is 15.8 Å². The molecule has 1 N–H and O–H groups in total. The molecule has 0 aliphatic heterocycles. The summed E-state index contributed by atoms with van der Waals surface area (Å²) in [5.74, 6) is 0.825. The van der Waals surface area contributed by atoms with Crippen molar-refractivity contribution in [3.8, 4) is 10.7 Å². The van der Waals surface area contributed by atoms with Crippen LogP contribution in [0.2, 0.25) is 0 Å². The van der Waals surface area contributed by atoms with Crippen LogP contribution in [0.3, 0.4) is 0 Å². The standard InChI is InChI=1S/C20H22N4O2S2/c1-10-16(12(3)25)11(2)21-17(10)18(26)13(4)28-20-23-22-19(15-6-5-9-27-15)24(20)14-7-8-14/h5-6,9,13-14,21H,7-8H2,1-4H3/t13-/m1/s1. The predicted molar refractivity (Wildman–Crippen MR) is 112 cm³/mol. The first-order valence-electron chi connectivity index (χ1n) is 9.28. The Labute approximate surface area is 171 Å². The second kappa shape index (κ2) is 7.33. The molecule has 1 aliphatic rings. The Kier molecular flexibility index (Phi) is 5.01. The van der Waals surface area contributed by atoms with Gasteiger partial charge in [-0.2, -0.15) is 0 Å². The van der Waals surface area contributed by atoms with Crippen LogP contribution in [-0.4, -0.2) is 36.6 Å². The number of aromatic nitrogens is 4. The molecule has 3 aromatic rings. The Morgan fingerprint density at radius 3 is 2.64 bits per heavy atom. The number of thiophene rings is 1. The van der Waals surface area contributed by atoms with E-state index in [4.69, 9.17) is 0 Å². The fourth-order valence-corrected chi connectivity index (χ4v) is 5.22. The maximum absolute atomic E-state index is 13.1. The highest BCUT2D eigenvalue weighted by Gasteiger charge is 2.32. The Bertz CT molecular complexity index is 1040. The van der Waals surface area contributed by atoms with Crippen LogP contribution in [0.15, 0.2) is 22.7 Å². The van der Waals surface area contributed by atoms with Crippen LogP contribution in [-0.2, 0) is 0 Å². The summed E-state index contributed by atoms with van der Waals surface area (Å²) in [6.45, 7) is 7.06. The van der Waals surface area contributed by atoms with Gasteiger partial charge in [0.2, 0.25) is 0 Å². The number of nitrogens with zero attached hydrogens (tertiary/aromatic N) is 3. The highest BCUT2D eigenvalue weighted by Crippen LogP contribution is 2.42. The van der Waals surface area contributed by atoms with Gasteiger partial charge in [0, 0.05) is 17.3 Å². The third kappa shape index (κ3) is 3.35. The Morgan fingerprint density at radius 1 is 1.32 bits per heavy atom. The molecule has 0 bridgehead atoms. The van der Waals surface area contributed by atoms with Crippen molar-refractivity contribution in [2.24, 2.45) is 0 Å². The van der Waals surface area contributed by atoms with E-state index in [2.05, 4.69) is 19.7 Å². The van der Waals surface area contributed by atoms with Crippen LogP contribution in [0.5, 0.6) is 0 Å². The number of rotatable bonds is 7. The van der Waals surface area contributed by atoms with E-state index in [1.54, 1.807) is 11.3 Å². The number of aromatic amines is 1. The molecule has 8 heteroatoms. The Hall–Kier alpha value is -2.19. The lowest BCUT2D eigenvalue weighted by atomic mass is 10.0. The minimum Gasteiger partial charge on any atom is -0.355 e. The average molecular weight is 415 g/mol. The van der Waals surface area contributed by atoms with E-state index in [0.29, 0.717) is 17.3 Å². The van der Waals surface area contributed by atoms with Crippen LogP contribution in [0.25, 0.3) is 10.7 Å². The van der Waals surface area contributed by atoms with Crippen LogP contribution < -0.4 is 0 Å². The van der Waals surface area contributed by atoms with Gasteiger partial charge in [0.15, 0.2) is 22.5 Å². The molecule has 0 aromatic carbocycles. The zero-order chi connectivity index (χ0) is 20.0. The number of hydrogen-bond donors (Lipinski definition) is 1. The van der Waals surface area contributed by atoms with E-state index < -0.39 is 0 Å². The second-order valence-corrected chi connectivity index (χ2v) is 9.45. The zero-order valence-corrected chi connectivity index (χ0v) is 17.9. The number of H-pyrrole nitrogens is 1. The van der Waals surface area contributed by atoms with Crippen molar-refractivity contribution in [2.45, 2.75) is 57.0 Å². The quantitative estimate of drug-likeness (QED) is 0.441. The summed E-state index contributed by atoms with van der Waals surface area (Å²) in [5, 5.41) is 11.3. The first-order chi connectivity index (χ1) is 13.4. The molecule has 0 saturated heterocycles. The summed E-state index contributed by atoms with van der Waals surface area (Å²) >= 11 is 3.07. The Balaban J connectivity index is 1.61. The number of nitrogens with one attached hydrogen (secondary N) is 1. The molecule has 1 atom stereocenters. The second-order valence-electron chi connectivity index (χ2n) is 7.19. The number of carbonyl (C=O) groups excluding carboxylic acids is 2. The first-order valence-corrected chi connectivity index (χ1v) is 11.0. The molecule has 3 heterocycles. The number of hydrogen-bond acceptors (Lipinski definition) is 6. The van der Waals surface area contributed by atoms with E-state index in [9.17, 15) is 9.59 Å². The normalized spacial score (nSPS) is 15.0. The summed E-state index contributed by atoms with van der Waals surface area (Å²) in [5.41, 5.74) is 2.59. The summed E-state index contributed by atoms with van der Waals surface area (Å²) in [7, 11) is 0. The molecule has 0 radical (unpaired) electrons. The van der Waals surface area contributed by atoms with E-state index >= 15 is 0 Å². The molecule has 1 fully saturated rings. The molecular weight excluding hydrogens is 392 g/mol. The van der Waals surface area contributed by atoms with Gasteiger partial charge in [-0.15, -0.1) is 21.5 Å². The lowest BCUT2D eigenvalue weighted by molar-refractivity contribution is 0.0988. The van der Waals surface area contributed by atoms with E-state index in [0.717, 1.165) is 40.0 Å². The van der Waals surface area contributed by atoms with Crippen molar-refractivity contribution in [3.63, 3.8) is 0 Å². The molecule has 1 aliphatic carbocycles. The van der Waals surface area contributed by atoms with Crippen LogP contribution in [0.1, 0.15) is 64.8 Å². The fourth-order valence-electron chi connectivity index (χ4n) is 3.53. The SMILES string of the molecule is CC(=O)c1c(C)[nH]c(C(=O)[C@@H](C)Sc2nnc(-c3cccs3)n2C2CC2)c1C. The van der Waals surface area contributed by atoms with Gasteiger partial charge in [-0.1, -0.05) is 17.8 Å². The number of carbonyl (C=O) groups is 2. The lowest BCUT2D eigenvalue weighted by Crippen LogP contribution is -2.16. The van der Waals surface area contributed by atoms with Gasteiger partial charge < -0.3 is 4.98 Å². The van der Waals surface area contributed by atoms with Gasteiger partial charge in [0.25, 0.3) is 0 Å². The van der Waals surface area contributed by atoms with E-state index in [1.807, 2.05) is 38.3 Å². The summed E-state index contributed by atoms with van der Waals surface area (Å²) in [6.07, 6.45) is 2.23. The number of thioether (sulfide) groups is 1. The smallest absolute Gasteiger partial charge is 0.192 e. The van der Waals surface area contributed by atoms with Gasteiger partial charge in [-0.05, 0) is 57.5 Å². The largest absolute Gasteiger partial charge is 0.355 e. The van der Waals surface area contributed by atoms with Crippen LogP contribution in [0.4, 0.5) is 0 Å². The van der Waals surface area contributed by atoms with E-state index in [-0.39, 0.29) is 16.8 Å². The first kappa shape index (κ1) is 19.1. The third-order valence-electron chi connectivity index (χ3n) is 5.01. The lowest BCUT2D eigenvalue weighted by Gasteiger charge is -2.12. The highest BCUT2D eigenvalue weighted by molar-refractivity contribution is 8.00. The number of Topliss-reactive ketones (excluding diaryl/α,β-unsaturated/α-hetero) is 2. The van der Waals surface area contributed by atoms with Gasteiger partial charge >= 0.3 is 0 Å². The molecule has 0 spiro atoms. The van der Waals surface area contributed by atoms with Crippen molar-refractivity contribution >= 4 is 34.7 Å². The topological polar surface area (TPSA) is 80.6 Å². The van der Waals surface area contributed by atoms with Crippen molar-refractivity contribution in [3.05, 3.63) is 40.0 Å². The van der Waals surface area contributed by atoms with Crippen LogP contribution >= 0.6 is 23.1 Å². The van der Waals surface area contributed by atoms with Crippen molar-refractivity contribution in [2.75, 3.05) is 0 Å². The minimum atomic E-state index is -0.338. The molecule has 0 unspecified atom stereocenters. The molecule has 1 saturated carbocycles. The molecule has 6 nitrogen and oxygen atoms in total. The summed E-state index contributed by atoms with van der Waals surface area (Å²) in [4.78, 5) is 29.1. The molecular formula is C20H22N4O2S2. The average Bonchev–Trinajstić information content (AvgIpc) is 3.05. The minimum absolute atomic E-state index is 0.0267. The van der Waals surface area contributed by atoms with Gasteiger partial charge in [-0.25, -0.2) is 0 Å². The molecule has 0 amide bonds. The maximum atomic E-state index is 13.1. The Morgan fingerprint density at radius 2 is 2.07 bits per heavy atom. The van der Waals surface area contributed by atoms with Crippen molar-refractivity contribution < 1.29 is 9.59 Å². The molecule has 28 heavy (non-hydrogen) atoms. The maximum Gasteiger partial charge on any atom is 0.192 e. The van der Waals surface area contributed by atoms with Crippen molar-refractivity contribution in [1.82, 2.24) is 19.7 Å². The highest BCUT2D eigenvalue weighted by atomic mass is 32.2. The monoisotopic (exact) mass is 414 g/mol. The molecule has 3 aromatic heterocycles. The summed E-state index contributed by atoms with van der Waals surface area (Å²) in [6, 6.07) is 4.47. The predicted octanol–water partition coefficient (Wildman–Crippen LogP) is 4.85. The fraction of sp³-hybridized carbons (Fsp3) is 0.400. The molecule has 4 rings (SSSR count). The van der Waals surface area contributed by atoms with Gasteiger partial charge in [0.1, 0.15) is 0 Å². The van der Waals surface area contributed by atoms with E-state index in [1.165, 1.54) is 18.7 Å². The van der Waals surface area contributed by atoms with Gasteiger partial charge in [-0.3, -0.25) is 14.2 Å². The number of aryl methyl sites for hydroxylation is 1.